The smallest absolute Gasteiger partial charge is 0.220 e. The lowest BCUT2D eigenvalue weighted by Crippen LogP contribution is -2.48. The molecule has 3 rings (SSSR count). The molecule has 1 saturated heterocycles. The molecular weight excluding hydrogens is 323 g/mol. The highest BCUT2D eigenvalue weighted by atomic mass is 19.1. The van der Waals surface area contributed by atoms with E-state index in [2.05, 4.69) is 10.6 Å². The molecule has 1 aliphatic heterocycles. The Labute approximate surface area is 145 Å². The fraction of sp³-hybridized carbons (Fsp3) is 0.316. The van der Waals surface area contributed by atoms with Gasteiger partial charge in [-0.2, -0.15) is 0 Å². The minimum absolute atomic E-state index is 0.0735. The monoisotopic (exact) mass is 344 g/mol. The normalized spacial score (nSPS) is 20.2. The van der Waals surface area contributed by atoms with Gasteiger partial charge in [0, 0.05) is 24.6 Å². The van der Waals surface area contributed by atoms with Crippen LogP contribution in [0.1, 0.15) is 30.0 Å². The topological polar surface area (TPSA) is 70.6 Å². The van der Waals surface area contributed by atoms with Crippen LogP contribution in [0.3, 0.4) is 0 Å². The summed E-state index contributed by atoms with van der Waals surface area (Å²) in [6, 6.07) is 11.1. The Balaban J connectivity index is 1.74. The van der Waals surface area contributed by atoms with Gasteiger partial charge in [0.05, 0.1) is 13.2 Å². The molecule has 0 unspecified atom stereocenters. The second-order valence-electron chi connectivity index (χ2n) is 6.10. The van der Waals surface area contributed by atoms with Crippen molar-refractivity contribution < 1.29 is 19.0 Å². The third-order valence-electron chi connectivity index (χ3n) is 4.45. The molecule has 1 fully saturated rings. The lowest BCUT2D eigenvalue weighted by atomic mass is 9.91. The van der Waals surface area contributed by atoms with Crippen molar-refractivity contribution in [2.45, 2.75) is 31.5 Å². The van der Waals surface area contributed by atoms with Crippen LogP contribution in [0.5, 0.6) is 11.5 Å². The molecule has 6 heteroatoms. The lowest BCUT2D eigenvalue weighted by molar-refractivity contribution is -0.123. The maximum Gasteiger partial charge on any atom is 0.220 e. The average molecular weight is 344 g/mol. The van der Waals surface area contributed by atoms with Gasteiger partial charge in [-0.05, 0) is 30.2 Å². The van der Waals surface area contributed by atoms with Crippen LogP contribution >= 0.6 is 0 Å². The van der Waals surface area contributed by atoms with E-state index in [1.54, 1.807) is 30.3 Å². The molecule has 1 aliphatic rings. The standard InChI is InChI=1S/C19H21FN2O3/c1-25-17-8-6-12(10-16(17)23)11-21-15-7-9-18(24)22-19(15)13-4-2-3-5-14(13)20/h2-6,8,10,15,19,21,23H,7,9,11H2,1H3,(H,22,24)/t15-,19+/m1/s1. The molecule has 5 nitrogen and oxygen atoms in total. The fourth-order valence-corrected chi connectivity index (χ4v) is 3.14. The Kier molecular flexibility index (Phi) is 5.19. The van der Waals surface area contributed by atoms with E-state index in [0.29, 0.717) is 30.7 Å². The number of hydrogen-bond acceptors (Lipinski definition) is 4. The van der Waals surface area contributed by atoms with E-state index < -0.39 is 6.04 Å². The molecule has 1 amide bonds. The third kappa shape index (κ3) is 3.91. The SMILES string of the molecule is COc1ccc(CN[C@@H]2CCC(=O)N[C@H]2c2ccccc2F)cc1O. The zero-order chi connectivity index (χ0) is 17.8. The van der Waals surface area contributed by atoms with Gasteiger partial charge in [0.15, 0.2) is 11.5 Å². The first-order valence-electron chi connectivity index (χ1n) is 8.21. The van der Waals surface area contributed by atoms with Gasteiger partial charge in [-0.1, -0.05) is 24.3 Å². The Morgan fingerprint density at radius 2 is 2.12 bits per heavy atom. The van der Waals surface area contributed by atoms with Crippen molar-refractivity contribution in [3.63, 3.8) is 0 Å². The van der Waals surface area contributed by atoms with E-state index in [9.17, 15) is 14.3 Å². The number of carbonyl (C=O) groups excluding carboxylic acids is 1. The van der Waals surface area contributed by atoms with Crippen molar-refractivity contribution >= 4 is 5.91 Å². The summed E-state index contributed by atoms with van der Waals surface area (Å²) >= 11 is 0. The molecule has 0 bridgehead atoms. The van der Waals surface area contributed by atoms with E-state index in [4.69, 9.17) is 4.74 Å². The summed E-state index contributed by atoms with van der Waals surface area (Å²) in [6.07, 6.45) is 1.02. The molecule has 2 atom stereocenters. The first-order valence-corrected chi connectivity index (χ1v) is 8.21. The largest absolute Gasteiger partial charge is 0.504 e. The van der Waals surface area contributed by atoms with Crippen LogP contribution in [0.15, 0.2) is 42.5 Å². The Morgan fingerprint density at radius 3 is 2.84 bits per heavy atom. The number of benzene rings is 2. The second-order valence-corrected chi connectivity index (χ2v) is 6.10. The van der Waals surface area contributed by atoms with Gasteiger partial charge in [-0.3, -0.25) is 4.79 Å². The minimum Gasteiger partial charge on any atom is -0.504 e. The quantitative estimate of drug-likeness (QED) is 0.780. The van der Waals surface area contributed by atoms with Crippen LogP contribution in [-0.2, 0) is 11.3 Å². The summed E-state index contributed by atoms with van der Waals surface area (Å²) in [4.78, 5) is 11.8. The molecule has 1 heterocycles. The molecule has 0 aliphatic carbocycles. The van der Waals surface area contributed by atoms with Crippen molar-refractivity contribution in [3.05, 3.63) is 59.4 Å². The maximum absolute atomic E-state index is 14.1. The van der Waals surface area contributed by atoms with Crippen LogP contribution < -0.4 is 15.4 Å². The summed E-state index contributed by atoms with van der Waals surface area (Å²) in [5.41, 5.74) is 1.35. The van der Waals surface area contributed by atoms with Crippen molar-refractivity contribution in [2.75, 3.05) is 7.11 Å². The Morgan fingerprint density at radius 1 is 1.32 bits per heavy atom. The summed E-state index contributed by atoms with van der Waals surface area (Å²) < 4.78 is 19.2. The van der Waals surface area contributed by atoms with Crippen molar-refractivity contribution in [3.8, 4) is 11.5 Å². The molecule has 0 saturated carbocycles. The van der Waals surface area contributed by atoms with E-state index in [0.717, 1.165) is 5.56 Å². The van der Waals surface area contributed by atoms with E-state index in [-0.39, 0.29) is 23.5 Å². The Hall–Kier alpha value is -2.60. The van der Waals surface area contributed by atoms with Gasteiger partial charge in [0.1, 0.15) is 5.82 Å². The van der Waals surface area contributed by atoms with Gasteiger partial charge in [-0.25, -0.2) is 4.39 Å². The maximum atomic E-state index is 14.1. The number of phenolic OH excluding ortho intramolecular Hbond substituents is 1. The average Bonchev–Trinajstić information content (AvgIpc) is 2.61. The number of piperidine rings is 1. The fourth-order valence-electron chi connectivity index (χ4n) is 3.14. The van der Waals surface area contributed by atoms with Crippen molar-refractivity contribution in [1.82, 2.24) is 10.6 Å². The van der Waals surface area contributed by atoms with Crippen LogP contribution in [0.25, 0.3) is 0 Å². The van der Waals surface area contributed by atoms with Crippen LogP contribution in [0, 0.1) is 5.82 Å². The molecule has 0 radical (unpaired) electrons. The van der Waals surface area contributed by atoms with Crippen molar-refractivity contribution in [2.24, 2.45) is 0 Å². The zero-order valence-corrected chi connectivity index (χ0v) is 14.0. The summed E-state index contributed by atoms with van der Waals surface area (Å²) in [6.45, 7) is 0.489. The number of carbonyl (C=O) groups is 1. The van der Waals surface area contributed by atoms with Gasteiger partial charge in [0.25, 0.3) is 0 Å². The molecule has 0 aromatic heterocycles. The number of nitrogens with one attached hydrogen (secondary N) is 2. The van der Waals surface area contributed by atoms with Gasteiger partial charge >= 0.3 is 0 Å². The number of methoxy groups -OCH3 is 1. The molecule has 2 aromatic rings. The minimum atomic E-state index is -0.422. The first kappa shape index (κ1) is 17.2. The van der Waals surface area contributed by atoms with E-state index in [1.807, 2.05) is 6.07 Å². The number of phenols is 1. The van der Waals surface area contributed by atoms with Crippen molar-refractivity contribution in [1.29, 1.82) is 0 Å². The summed E-state index contributed by atoms with van der Waals surface area (Å²) in [5.74, 6) is 0.0827. The number of halogens is 1. The van der Waals surface area contributed by atoms with E-state index >= 15 is 0 Å². The van der Waals surface area contributed by atoms with Gasteiger partial charge in [-0.15, -0.1) is 0 Å². The number of amides is 1. The highest BCUT2D eigenvalue weighted by Crippen LogP contribution is 2.28. The van der Waals surface area contributed by atoms with Gasteiger partial charge < -0.3 is 20.5 Å². The lowest BCUT2D eigenvalue weighted by Gasteiger charge is -2.33. The van der Waals surface area contributed by atoms with Crippen LogP contribution in [0.2, 0.25) is 0 Å². The summed E-state index contributed by atoms with van der Waals surface area (Å²) in [5, 5.41) is 16.1. The van der Waals surface area contributed by atoms with Crippen LogP contribution in [0.4, 0.5) is 4.39 Å². The number of hydrogen-bond donors (Lipinski definition) is 3. The highest BCUT2D eigenvalue weighted by Gasteiger charge is 2.31. The number of rotatable bonds is 5. The molecular formula is C19H21FN2O3. The van der Waals surface area contributed by atoms with E-state index in [1.165, 1.54) is 13.2 Å². The van der Waals surface area contributed by atoms with Crippen LogP contribution in [-0.4, -0.2) is 24.2 Å². The first-order chi connectivity index (χ1) is 12.1. The molecule has 0 spiro atoms. The molecule has 25 heavy (non-hydrogen) atoms. The molecule has 2 aromatic carbocycles. The number of ether oxygens (including phenoxy) is 1. The molecule has 132 valence electrons. The third-order valence-corrected chi connectivity index (χ3v) is 4.45. The molecule has 3 N–H and O–H groups in total. The van der Waals surface area contributed by atoms with Gasteiger partial charge in [0.2, 0.25) is 5.91 Å². The predicted octanol–water partition coefficient (Wildman–Crippen LogP) is 2.65. The summed E-state index contributed by atoms with van der Waals surface area (Å²) in [7, 11) is 1.50. The second kappa shape index (κ2) is 7.53. The highest BCUT2D eigenvalue weighted by molar-refractivity contribution is 5.77. The Bertz CT molecular complexity index is 766. The number of aromatic hydroxyl groups is 1. The predicted molar refractivity (Wildman–Crippen MR) is 91.8 cm³/mol. The zero-order valence-electron chi connectivity index (χ0n) is 14.0.